The van der Waals surface area contributed by atoms with Crippen LogP contribution in [0, 0.1) is 0 Å². The third kappa shape index (κ3) is 3.10. The maximum Gasteiger partial charge on any atom is 0.304 e. The van der Waals surface area contributed by atoms with E-state index in [1.54, 1.807) is 0 Å². The normalized spacial score (nSPS) is 17.8. The second kappa shape index (κ2) is 6.01. The van der Waals surface area contributed by atoms with Crippen LogP contribution in [0.2, 0.25) is 0 Å². The van der Waals surface area contributed by atoms with Crippen molar-refractivity contribution in [3.63, 3.8) is 0 Å². The van der Waals surface area contributed by atoms with Crippen LogP contribution in [0.5, 0.6) is 0 Å². The molecule has 0 aromatic heterocycles. The van der Waals surface area contributed by atoms with E-state index in [1.165, 1.54) is 11.1 Å². The van der Waals surface area contributed by atoms with E-state index in [4.69, 9.17) is 5.11 Å². The summed E-state index contributed by atoms with van der Waals surface area (Å²) in [6.07, 6.45) is 3.23. The van der Waals surface area contributed by atoms with Gasteiger partial charge in [0, 0.05) is 19.1 Å². The fourth-order valence-electron chi connectivity index (χ4n) is 2.78. The summed E-state index contributed by atoms with van der Waals surface area (Å²) in [5.41, 5.74) is 2.84. The van der Waals surface area contributed by atoms with Crippen LogP contribution in [-0.4, -0.2) is 35.1 Å². The summed E-state index contributed by atoms with van der Waals surface area (Å²) in [6, 6.07) is 8.73. The molecule has 1 aromatic carbocycles. The van der Waals surface area contributed by atoms with E-state index in [0.717, 1.165) is 32.4 Å². The summed E-state index contributed by atoms with van der Waals surface area (Å²) in [6.45, 7) is 4.03. The van der Waals surface area contributed by atoms with Crippen LogP contribution in [0.4, 0.5) is 0 Å². The summed E-state index contributed by atoms with van der Waals surface area (Å²) in [4.78, 5) is 13.2. The lowest BCUT2D eigenvalue weighted by Crippen LogP contribution is -2.38. The number of benzene rings is 1. The Morgan fingerprint density at radius 3 is 2.28 bits per heavy atom. The lowest BCUT2D eigenvalue weighted by molar-refractivity contribution is -0.138. The molecule has 1 N–H and O–H groups in total. The molecule has 0 bridgehead atoms. The maximum atomic E-state index is 10.9. The van der Waals surface area contributed by atoms with Crippen molar-refractivity contribution in [1.82, 2.24) is 4.90 Å². The van der Waals surface area contributed by atoms with Gasteiger partial charge in [-0.25, -0.2) is 0 Å². The first-order valence-corrected chi connectivity index (χ1v) is 6.73. The molecule has 1 aromatic rings. The predicted molar refractivity (Wildman–Crippen MR) is 71.8 cm³/mol. The molecular formula is C15H21NO2. The number of rotatable bonds is 4. The Hall–Kier alpha value is -1.35. The zero-order chi connectivity index (χ0) is 13.0. The van der Waals surface area contributed by atoms with Crippen molar-refractivity contribution in [2.75, 3.05) is 13.1 Å². The number of hydrogen-bond acceptors (Lipinski definition) is 2. The molecule has 1 atom stereocenters. The minimum Gasteiger partial charge on any atom is -0.481 e. The molecule has 0 amide bonds. The summed E-state index contributed by atoms with van der Waals surface area (Å²) in [5.74, 6) is -0.691. The minimum atomic E-state index is -0.691. The number of aliphatic carboxylic acids is 1. The van der Waals surface area contributed by atoms with Crippen molar-refractivity contribution >= 4 is 5.97 Å². The molecule has 2 rings (SSSR count). The summed E-state index contributed by atoms with van der Waals surface area (Å²) in [7, 11) is 0. The third-order valence-electron chi connectivity index (χ3n) is 3.85. The Bertz CT molecular complexity index is 390. The highest BCUT2D eigenvalue weighted by molar-refractivity contribution is 5.67. The van der Waals surface area contributed by atoms with Gasteiger partial charge in [0.1, 0.15) is 0 Å². The maximum absolute atomic E-state index is 10.9. The Balaban J connectivity index is 2.04. The first-order valence-electron chi connectivity index (χ1n) is 6.73. The second-order valence-electron chi connectivity index (χ2n) is 4.96. The van der Waals surface area contributed by atoms with Crippen molar-refractivity contribution in [2.24, 2.45) is 0 Å². The highest BCUT2D eigenvalue weighted by Gasteiger charge is 2.22. The van der Waals surface area contributed by atoms with Crippen LogP contribution in [-0.2, 0) is 17.6 Å². The van der Waals surface area contributed by atoms with Crippen molar-refractivity contribution < 1.29 is 9.90 Å². The van der Waals surface area contributed by atoms with Gasteiger partial charge in [0.2, 0.25) is 0 Å². The first-order chi connectivity index (χ1) is 8.70. The van der Waals surface area contributed by atoms with Crippen molar-refractivity contribution in [3.05, 3.63) is 35.4 Å². The van der Waals surface area contributed by atoms with Gasteiger partial charge in [-0.15, -0.1) is 0 Å². The van der Waals surface area contributed by atoms with Crippen molar-refractivity contribution in [2.45, 2.75) is 38.6 Å². The molecule has 0 saturated carbocycles. The fraction of sp³-hybridized carbons (Fsp3) is 0.533. The van der Waals surface area contributed by atoms with Crippen LogP contribution in [0.3, 0.4) is 0 Å². The zero-order valence-corrected chi connectivity index (χ0v) is 10.9. The van der Waals surface area contributed by atoms with Gasteiger partial charge >= 0.3 is 5.97 Å². The van der Waals surface area contributed by atoms with Gasteiger partial charge in [0.15, 0.2) is 0 Å². The van der Waals surface area contributed by atoms with E-state index in [0.29, 0.717) is 0 Å². The topological polar surface area (TPSA) is 40.5 Å². The van der Waals surface area contributed by atoms with E-state index in [9.17, 15) is 4.79 Å². The van der Waals surface area contributed by atoms with E-state index in [1.807, 2.05) is 0 Å². The van der Waals surface area contributed by atoms with E-state index < -0.39 is 5.97 Å². The van der Waals surface area contributed by atoms with Crippen LogP contribution in [0.25, 0.3) is 0 Å². The Kier molecular flexibility index (Phi) is 4.37. The first kappa shape index (κ1) is 13.1. The lowest BCUT2D eigenvalue weighted by Gasteiger charge is -2.28. The molecule has 1 unspecified atom stereocenters. The Morgan fingerprint density at radius 1 is 1.28 bits per heavy atom. The largest absolute Gasteiger partial charge is 0.481 e. The second-order valence-corrected chi connectivity index (χ2v) is 4.96. The van der Waals surface area contributed by atoms with Crippen LogP contribution in [0.15, 0.2) is 24.3 Å². The molecule has 0 spiro atoms. The highest BCUT2D eigenvalue weighted by atomic mass is 16.4. The van der Waals surface area contributed by atoms with Crippen molar-refractivity contribution in [1.29, 1.82) is 0 Å². The Labute approximate surface area is 108 Å². The molecule has 0 saturated heterocycles. The summed E-state index contributed by atoms with van der Waals surface area (Å²) in [5, 5.41) is 8.96. The molecule has 1 aliphatic heterocycles. The monoisotopic (exact) mass is 247 g/mol. The number of fused-ring (bicyclic) bond motifs is 1. The van der Waals surface area contributed by atoms with Gasteiger partial charge in [-0.2, -0.15) is 0 Å². The van der Waals surface area contributed by atoms with E-state index >= 15 is 0 Å². The molecule has 0 fully saturated rings. The fourth-order valence-corrected chi connectivity index (χ4v) is 2.78. The van der Waals surface area contributed by atoms with Crippen molar-refractivity contribution in [3.8, 4) is 0 Å². The molecule has 1 aliphatic rings. The number of carbonyl (C=O) groups is 1. The summed E-state index contributed by atoms with van der Waals surface area (Å²) < 4.78 is 0. The molecule has 18 heavy (non-hydrogen) atoms. The molecule has 1 heterocycles. The van der Waals surface area contributed by atoms with Crippen LogP contribution >= 0.6 is 0 Å². The molecule has 3 heteroatoms. The van der Waals surface area contributed by atoms with Gasteiger partial charge in [-0.1, -0.05) is 31.2 Å². The van der Waals surface area contributed by atoms with Gasteiger partial charge in [0.25, 0.3) is 0 Å². The number of nitrogens with zero attached hydrogens (tertiary/aromatic N) is 1. The SMILES string of the molecule is CCC(CC(=O)O)N1CCc2ccccc2CC1. The number of carboxylic acid groups (broad SMARTS) is 1. The average Bonchev–Trinajstić information content (AvgIpc) is 2.58. The van der Waals surface area contributed by atoms with E-state index in [2.05, 4.69) is 36.1 Å². The van der Waals surface area contributed by atoms with Crippen LogP contribution in [0.1, 0.15) is 30.9 Å². The van der Waals surface area contributed by atoms with Gasteiger partial charge in [0.05, 0.1) is 6.42 Å². The lowest BCUT2D eigenvalue weighted by atomic mass is 10.0. The summed E-state index contributed by atoms with van der Waals surface area (Å²) >= 11 is 0. The average molecular weight is 247 g/mol. The molecule has 0 radical (unpaired) electrons. The smallest absolute Gasteiger partial charge is 0.304 e. The van der Waals surface area contributed by atoms with Gasteiger partial charge in [-0.3, -0.25) is 9.69 Å². The number of carboxylic acids is 1. The Morgan fingerprint density at radius 2 is 1.83 bits per heavy atom. The standard InChI is InChI=1S/C15H21NO2/c1-2-14(11-15(17)18)16-9-7-12-5-3-4-6-13(12)8-10-16/h3-6,14H,2,7-11H2,1H3,(H,17,18). The molecule has 3 nitrogen and oxygen atoms in total. The van der Waals surface area contributed by atoms with Gasteiger partial charge in [-0.05, 0) is 30.4 Å². The molecule has 0 aliphatic carbocycles. The molecular weight excluding hydrogens is 226 g/mol. The highest BCUT2D eigenvalue weighted by Crippen LogP contribution is 2.19. The van der Waals surface area contributed by atoms with Crippen LogP contribution < -0.4 is 0 Å². The minimum absolute atomic E-state index is 0.178. The van der Waals surface area contributed by atoms with E-state index in [-0.39, 0.29) is 12.5 Å². The quantitative estimate of drug-likeness (QED) is 0.887. The van der Waals surface area contributed by atoms with Gasteiger partial charge < -0.3 is 5.11 Å². The third-order valence-corrected chi connectivity index (χ3v) is 3.85. The predicted octanol–water partition coefficient (Wildman–Crippen LogP) is 2.34. The molecule has 98 valence electrons. The zero-order valence-electron chi connectivity index (χ0n) is 10.9. The number of hydrogen-bond donors (Lipinski definition) is 1.